The van der Waals surface area contributed by atoms with E-state index in [0.29, 0.717) is 5.92 Å². The van der Waals surface area contributed by atoms with E-state index in [4.69, 9.17) is 5.73 Å². The molecule has 3 N–H and O–H groups in total. The number of nitrogens with two attached hydrogens (primary N) is 1. The second-order valence-electron chi connectivity index (χ2n) is 5.36. The van der Waals surface area contributed by atoms with Crippen LogP contribution in [0.15, 0.2) is 12.1 Å². The van der Waals surface area contributed by atoms with Gasteiger partial charge >= 0.3 is 0 Å². The number of rotatable bonds is 3. The predicted molar refractivity (Wildman–Crippen MR) is 74.3 cm³/mol. The van der Waals surface area contributed by atoms with Crippen LogP contribution in [0.25, 0.3) is 0 Å². The highest BCUT2D eigenvalue weighted by atomic mass is 19.1. The monoisotopic (exact) mass is 282 g/mol. The van der Waals surface area contributed by atoms with Crippen molar-refractivity contribution in [2.24, 2.45) is 5.92 Å². The molecule has 0 aromatic heterocycles. The van der Waals surface area contributed by atoms with Crippen LogP contribution >= 0.6 is 0 Å². The lowest BCUT2D eigenvalue weighted by Gasteiger charge is -2.31. The maximum Gasteiger partial charge on any atom is 0.257 e. The molecule has 3 nitrogen and oxygen atoms in total. The van der Waals surface area contributed by atoms with Gasteiger partial charge in [0.1, 0.15) is 11.4 Å². The Bertz CT molecular complexity index is 505. The van der Waals surface area contributed by atoms with Crippen molar-refractivity contribution in [2.75, 3.05) is 5.73 Å². The molecule has 0 radical (unpaired) electrons. The number of amides is 1. The Hall–Kier alpha value is -1.65. The molecule has 1 aliphatic rings. The van der Waals surface area contributed by atoms with Crippen LogP contribution in [0.5, 0.6) is 0 Å². The van der Waals surface area contributed by atoms with Crippen LogP contribution in [0, 0.1) is 17.6 Å². The maximum absolute atomic E-state index is 13.8. The first kappa shape index (κ1) is 14.8. The summed E-state index contributed by atoms with van der Waals surface area (Å²) in [6.07, 6.45) is 5.03. The van der Waals surface area contributed by atoms with Gasteiger partial charge in [0, 0.05) is 6.04 Å². The Morgan fingerprint density at radius 2 is 2.05 bits per heavy atom. The van der Waals surface area contributed by atoms with Crippen LogP contribution in [-0.4, -0.2) is 11.9 Å². The quantitative estimate of drug-likeness (QED) is 0.836. The number of hydrogen-bond donors (Lipinski definition) is 2. The van der Waals surface area contributed by atoms with Crippen LogP contribution in [0.3, 0.4) is 0 Å². The lowest BCUT2D eigenvalue weighted by molar-refractivity contribution is 0.0896. The summed E-state index contributed by atoms with van der Waals surface area (Å²) in [5.74, 6) is -2.19. The molecule has 1 aliphatic carbocycles. The fourth-order valence-corrected chi connectivity index (χ4v) is 2.90. The SMILES string of the molecule is CCC1CCCCC1NC(=O)c1c(F)ccc(N)c1F. The van der Waals surface area contributed by atoms with E-state index in [1.807, 2.05) is 0 Å². The zero-order valence-corrected chi connectivity index (χ0v) is 11.6. The van der Waals surface area contributed by atoms with Crippen molar-refractivity contribution in [1.82, 2.24) is 5.32 Å². The zero-order valence-electron chi connectivity index (χ0n) is 11.6. The van der Waals surface area contributed by atoms with Crippen molar-refractivity contribution >= 4 is 11.6 Å². The number of anilines is 1. The Kier molecular flexibility index (Phi) is 4.57. The molecular formula is C15H20F2N2O. The first-order valence-corrected chi connectivity index (χ1v) is 7.09. The summed E-state index contributed by atoms with van der Waals surface area (Å²) in [6, 6.07) is 2.13. The van der Waals surface area contributed by atoms with Gasteiger partial charge in [-0.2, -0.15) is 0 Å². The second-order valence-corrected chi connectivity index (χ2v) is 5.36. The standard InChI is InChI=1S/C15H20F2N2O/c1-2-9-5-3-4-6-12(9)19-15(20)13-10(16)7-8-11(18)14(13)17/h7-9,12H,2-6,18H2,1H3,(H,19,20). The Morgan fingerprint density at radius 3 is 2.75 bits per heavy atom. The number of hydrogen-bond acceptors (Lipinski definition) is 2. The minimum absolute atomic E-state index is 0.0125. The van der Waals surface area contributed by atoms with E-state index in [1.165, 1.54) is 0 Å². The van der Waals surface area contributed by atoms with Gasteiger partial charge < -0.3 is 11.1 Å². The molecule has 5 heteroatoms. The highest BCUT2D eigenvalue weighted by Crippen LogP contribution is 2.27. The summed E-state index contributed by atoms with van der Waals surface area (Å²) in [4.78, 5) is 12.1. The average Bonchev–Trinajstić information content (AvgIpc) is 2.44. The van der Waals surface area contributed by atoms with Crippen LogP contribution < -0.4 is 11.1 Å². The molecule has 1 fully saturated rings. The molecule has 2 unspecified atom stereocenters. The number of halogens is 2. The van der Waals surface area contributed by atoms with Crippen LogP contribution in [0.2, 0.25) is 0 Å². The molecule has 0 spiro atoms. The second kappa shape index (κ2) is 6.20. The molecule has 2 rings (SSSR count). The van der Waals surface area contributed by atoms with Crippen molar-refractivity contribution < 1.29 is 13.6 Å². The molecule has 1 aromatic carbocycles. The highest BCUT2D eigenvalue weighted by Gasteiger charge is 2.27. The highest BCUT2D eigenvalue weighted by molar-refractivity contribution is 5.95. The van der Waals surface area contributed by atoms with Crippen molar-refractivity contribution in [3.8, 4) is 0 Å². The zero-order chi connectivity index (χ0) is 14.7. The first-order chi connectivity index (χ1) is 9.54. The van der Waals surface area contributed by atoms with E-state index in [-0.39, 0.29) is 11.7 Å². The predicted octanol–water partition coefficient (Wildman–Crippen LogP) is 3.25. The van der Waals surface area contributed by atoms with E-state index >= 15 is 0 Å². The number of benzene rings is 1. The number of nitrogens with one attached hydrogen (secondary N) is 1. The van der Waals surface area contributed by atoms with Crippen molar-refractivity contribution in [3.63, 3.8) is 0 Å². The van der Waals surface area contributed by atoms with E-state index < -0.39 is 23.1 Å². The van der Waals surface area contributed by atoms with Gasteiger partial charge in [0.15, 0.2) is 5.82 Å². The van der Waals surface area contributed by atoms with Crippen LogP contribution in [0.4, 0.5) is 14.5 Å². The largest absolute Gasteiger partial charge is 0.396 e. The normalized spacial score (nSPS) is 22.6. The fraction of sp³-hybridized carbons (Fsp3) is 0.533. The van der Waals surface area contributed by atoms with Crippen molar-refractivity contribution in [1.29, 1.82) is 0 Å². The van der Waals surface area contributed by atoms with Gasteiger partial charge in [-0.15, -0.1) is 0 Å². The minimum Gasteiger partial charge on any atom is -0.396 e. The summed E-state index contributed by atoms with van der Waals surface area (Å²) in [5, 5.41) is 2.77. The molecule has 1 saturated carbocycles. The molecule has 2 atom stereocenters. The first-order valence-electron chi connectivity index (χ1n) is 7.09. The fourth-order valence-electron chi connectivity index (χ4n) is 2.90. The Morgan fingerprint density at radius 1 is 1.35 bits per heavy atom. The van der Waals surface area contributed by atoms with Crippen molar-refractivity contribution in [2.45, 2.75) is 45.1 Å². The average molecular weight is 282 g/mol. The summed E-state index contributed by atoms with van der Waals surface area (Å²) in [5.41, 5.74) is 4.60. The molecule has 0 aliphatic heterocycles. The summed E-state index contributed by atoms with van der Waals surface area (Å²) in [6.45, 7) is 2.07. The summed E-state index contributed by atoms with van der Waals surface area (Å²) in [7, 11) is 0. The van der Waals surface area contributed by atoms with Gasteiger partial charge in [-0.1, -0.05) is 26.2 Å². The summed E-state index contributed by atoms with van der Waals surface area (Å²) >= 11 is 0. The lowest BCUT2D eigenvalue weighted by atomic mass is 9.83. The van der Waals surface area contributed by atoms with E-state index in [9.17, 15) is 13.6 Å². The van der Waals surface area contributed by atoms with Gasteiger partial charge in [0.05, 0.1) is 5.69 Å². The van der Waals surface area contributed by atoms with Gasteiger partial charge in [-0.25, -0.2) is 8.78 Å². The van der Waals surface area contributed by atoms with Gasteiger partial charge in [-0.3, -0.25) is 4.79 Å². The number of carbonyl (C=O) groups is 1. The van der Waals surface area contributed by atoms with Crippen LogP contribution in [-0.2, 0) is 0 Å². The minimum atomic E-state index is -0.980. The molecular weight excluding hydrogens is 262 g/mol. The Balaban J connectivity index is 2.18. The molecule has 1 aromatic rings. The molecule has 1 amide bonds. The van der Waals surface area contributed by atoms with E-state index in [2.05, 4.69) is 12.2 Å². The van der Waals surface area contributed by atoms with Gasteiger partial charge in [0.2, 0.25) is 0 Å². The smallest absolute Gasteiger partial charge is 0.257 e. The molecule has 0 heterocycles. The number of nitrogen functional groups attached to an aromatic ring is 1. The number of carbonyl (C=O) groups excluding carboxylic acids is 1. The molecule has 0 saturated heterocycles. The third-order valence-electron chi connectivity index (χ3n) is 4.10. The van der Waals surface area contributed by atoms with Crippen molar-refractivity contribution in [3.05, 3.63) is 29.3 Å². The third-order valence-corrected chi connectivity index (χ3v) is 4.10. The molecule has 0 bridgehead atoms. The molecule has 110 valence electrons. The lowest BCUT2D eigenvalue weighted by Crippen LogP contribution is -2.42. The summed E-state index contributed by atoms with van der Waals surface area (Å²) < 4.78 is 27.5. The third kappa shape index (κ3) is 2.92. The van der Waals surface area contributed by atoms with Gasteiger partial charge in [-0.05, 0) is 30.9 Å². The van der Waals surface area contributed by atoms with E-state index in [1.54, 1.807) is 0 Å². The topological polar surface area (TPSA) is 55.1 Å². The van der Waals surface area contributed by atoms with Crippen LogP contribution in [0.1, 0.15) is 49.4 Å². The van der Waals surface area contributed by atoms with E-state index in [0.717, 1.165) is 44.2 Å². The maximum atomic E-state index is 13.8. The molecule has 20 heavy (non-hydrogen) atoms. The Labute approximate surface area is 117 Å². The van der Waals surface area contributed by atoms with Gasteiger partial charge in [0.25, 0.3) is 5.91 Å².